The first-order valence-corrected chi connectivity index (χ1v) is 10.9. The van der Waals surface area contributed by atoms with Crippen molar-refractivity contribution < 1.29 is 9.18 Å². The molecule has 152 valence electrons. The van der Waals surface area contributed by atoms with E-state index >= 15 is 0 Å². The molecule has 0 spiro atoms. The van der Waals surface area contributed by atoms with Gasteiger partial charge in [0.25, 0.3) is 11.5 Å². The lowest BCUT2D eigenvalue weighted by Gasteiger charge is -2.12. The van der Waals surface area contributed by atoms with Crippen molar-refractivity contribution in [3.63, 3.8) is 0 Å². The monoisotopic (exact) mass is 441 g/mol. The molecule has 0 aliphatic rings. The molecule has 0 atom stereocenters. The van der Waals surface area contributed by atoms with Crippen LogP contribution in [0.3, 0.4) is 0 Å². The lowest BCUT2D eigenvalue weighted by atomic mass is 10.1. The molecule has 1 aromatic carbocycles. The average molecular weight is 442 g/mol. The van der Waals surface area contributed by atoms with Gasteiger partial charge in [-0.25, -0.2) is 9.37 Å². The van der Waals surface area contributed by atoms with Gasteiger partial charge in [0.2, 0.25) is 5.13 Å². The number of halogens is 1. The van der Waals surface area contributed by atoms with E-state index in [1.165, 1.54) is 45.9 Å². The zero-order chi connectivity index (χ0) is 21.1. The Morgan fingerprint density at radius 3 is 2.80 bits per heavy atom. The Balaban J connectivity index is 1.72. The maximum Gasteiger partial charge on any atom is 0.265 e. The van der Waals surface area contributed by atoms with Gasteiger partial charge < -0.3 is 0 Å². The number of fused-ring (bicyclic) bond motifs is 1. The number of thioether (sulfide) groups is 1. The standard InChI is InChI=1S/C20H16FN5O2S2/c1-2-29-20-25-24-19(30-20)23-17(27)15-10-13-4-3-9-22-16(13)26(18(15)28)11-12-5-7-14(21)8-6-12/h3-10H,2,11H2,1H3,(H,23,24,27). The summed E-state index contributed by atoms with van der Waals surface area (Å²) in [6, 6.07) is 10.9. The van der Waals surface area contributed by atoms with Gasteiger partial charge in [-0.15, -0.1) is 10.2 Å². The number of pyridine rings is 2. The molecule has 0 bridgehead atoms. The number of carbonyl (C=O) groups excluding carboxylic acids is 1. The van der Waals surface area contributed by atoms with Crippen LogP contribution in [0.4, 0.5) is 9.52 Å². The summed E-state index contributed by atoms with van der Waals surface area (Å²) in [5.41, 5.74) is 0.641. The second kappa shape index (κ2) is 8.72. The number of amides is 1. The Bertz CT molecular complexity index is 1270. The highest BCUT2D eigenvalue weighted by atomic mass is 32.2. The Hall–Kier alpha value is -3.11. The van der Waals surface area contributed by atoms with Gasteiger partial charge in [0.15, 0.2) is 4.34 Å². The number of nitrogens with one attached hydrogen (secondary N) is 1. The minimum atomic E-state index is -0.567. The van der Waals surface area contributed by atoms with Crippen LogP contribution in [0.25, 0.3) is 11.0 Å². The third kappa shape index (κ3) is 4.24. The fourth-order valence-electron chi connectivity index (χ4n) is 2.89. The predicted molar refractivity (Wildman–Crippen MR) is 116 cm³/mol. The zero-order valence-corrected chi connectivity index (χ0v) is 17.5. The van der Waals surface area contributed by atoms with Gasteiger partial charge in [-0.05, 0) is 41.6 Å². The molecule has 0 saturated carbocycles. The molecule has 0 unspecified atom stereocenters. The normalized spacial score (nSPS) is 11.0. The Morgan fingerprint density at radius 1 is 1.23 bits per heavy atom. The van der Waals surface area contributed by atoms with Crippen LogP contribution in [0, 0.1) is 5.82 Å². The molecule has 0 aliphatic heterocycles. The van der Waals surface area contributed by atoms with Crippen LogP contribution in [-0.2, 0) is 6.54 Å². The topological polar surface area (TPSA) is 89.8 Å². The fourth-order valence-corrected chi connectivity index (χ4v) is 4.54. The van der Waals surface area contributed by atoms with E-state index in [0.29, 0.717) is 21.7 Å². The van der Waals surface area contributed by atoms with Crippen molar-refractivity contribution in [2.75, 3.05) is 11.1 Å². The third-order valence-corrected chi connectivity index (χ3v) is 6.10. The molecule has 0 radical (unpaired) electrons. The van der Waals surface area contributed by atoms with Gasteiger partial charge in [0, 0.05) is 11.6 Å². The molecule has 4 rings (SSSR count). The minimum absolute atomic E-state index is 0.0301. The minimum Gasteiger partial charge on any atom is -0.296 e. The summed E-state index contributed by atoms with van der Waals surface area (Å²) in [7, 11) is 0. The largest absolute Gasteiger partial charge is 0.296 e. The fraction of sp³-hybridized carbons (Fsp3) is 0.150. The Morgan fingerprint density at radius 2 is 2.03 bits per heavy atom. The van der Waals surface area contributed by atoms with Crippen molar-refractivity contribution in [1.29, 1.82) is 0 Å². The molecule has 1 amide bonds. The number of anilines is 1. The van der Waals surface area contributed by atoms with Crippen molar-refractivity contribution in [3.05, 3.63) is 76.0 Å². The van der Waals surface area contributed by atoms with Crippen LogP contribution >= 0.6 is 23.1 Å². The van der Waals surface area contributed by atoms with E-state index in [2.05, 4.69) is 20.5 Å². The molecule has 1 N–H and O–H groups in total. The van der Waals surface area contributed by atoms with Crippen LogP contribution in [0.5, 0.6) is 0 Å². The van der Waals surface area contributed by atoms with E-state index in [-0.39, 0.29) is 17.9 Å². The average Bonchev–Trinajstić information content (AvgIpc) is 3.18. The van der Waals surface area contributed by atoms with Crippen molar-refractivity contribution in [1.82, 2.24) is 19.7 Å². The molecular weight excluding hydrogens is 425 g/mol. The number of aromatic nitrogens is 4. The van der Waals surface area contributed by atoms with Gasteiger partial charge in [-0.2, -0.15) is 0 Å². The second-order valence-corrected chi connectivity index (χ2v) is 8.74. The van der Waals surface area contributed by atoms with Gasteiger partial charge in [-0.1, -0.05) is 42.2 Å². The maximum atomic E-state index is 13.2. The molecule has 0 fully saturated rings. The second-order valence-electron chi connectivity index (χ2n) is 6.25. The Labute approximate surface area is 179 Å². The summed E-state index contributed by atoms with van der Waals surface area (Å²) in [6.07, 6.45) is 1.58. The van der Waals surface area contributed by atoms with Crippen LogP contribution in [-0.4, -0.2) is 31.4 Å². The summed E-state index contributed by atoms with van der Waals surface area (Å²) in [5.74, 6) is -0.0865. The predicted octanol–water partition coefficient (Wildman–Crippen LogP) is 3.80. The number of benzene rings is 1. The first kappa shape index (κ1) is 20.2. The molecule has 3 heterocycles. The van der Waals surface area contributed by atoms with Crippen LogP contribution in [0.1, 0.15) is 22.8 Å². The van der Waals surface area contributed by atoms with Gasteiger partial charge >= 0.3 is 0 Å². The van der Waals surface area contributed by atoms with Crippen molar-refractivity contribution in [3.8, 4) is 0 Å². The number of carbonyl (C=O) groups is 1. The van der Waals surface area contributed by atoms with E-state index < -0.39 is 11.5 Å². The van der Waals surface area contributed by atoms with Crippen LogP contribution < -0.4 is 10.9 Å². The lowest BCUT2D eigenvalue weighted by Crippen LogP contribution is -2.30. The summed E-state index contributed by atoms with van der Waals surface area (Å²) >= 11 is 2.77. The smallest absolute Gasteiger partial charge is 0.265 e. The van der Waals surface area contributed by atoms with Crippen molar-refractivity contribution in [2.45, 2.75) is 17.8 Å². The van der Waals surface area contributed by atoms with Crippen molar-refractivity contribution in [2.24, 2.45) is 0 Å². The molecule has 30 heavy (non-hydrogen) atoms. The highest BCUT2D eigenvalue weighted by molar-refractivity contribution is 8.01. The highest BCUT2D eigenvalue weighted by Crippen LogP contribution is 2.25. The summed E-state index contributed by atoms with van der Waals surface area (Å²) in [6.45, 7) is 2.15. The van der Waals surface area contributed by atoms with Gasteiger partial charge in [0.05, 0.1) is 6.54 Å². The molecule has 4 aromatic rings. The van der Waals surface area contributed by atoms with Crippen LogP contribution in [0.2, 0.25) is 0 Å². The number of nitrogens with zero attached hydrogens (tertiary/aromatic N) is 4. The molecule has 0 saturated heterocycles. The van der Waals surface area contributed by atoms with E-state index in [1.54, 1.807) is 30.5 Å². The molecular formula is C20H16FN5O2S2. The number of rotatable bonds is 6. The van der Waals surface area contributed by atoms with Gasteiger partial charge in [-0.3, -0.25) is 19.5 Å². The first-order chi connectivity index (χ1) is 14.5. The quantitative estimate of drug-likeness (QED) is 0.362. The highest BCUT2D eigenvalue weighted by Gasteiger charge is 2.18. The summed E-state index contributed by atoms with van der Waals surface area (Å²) in [4.78, 5) is 30.3. The molecule has 7 nitrogen and oxygen atoms in total. The maximum absolute atomic E-state index is 13.2. The van der Waals surface area contributed by atoms with E-state index in [4.69, 9.17) is 0 Å². The SMILES string of the molecule is CCSc1nnc(NC(=O)c2cc3cccnc3n(Cc3ccc(F)cc3)c2=O)s1. The third-order valence-electron chi connectivity index (χ3n) is 4.24. The molecule has 10 heteroatoms. The zero-order valence-electron chi connectivity index (χ0n) is 15.8. The van der Waals surface area contributed by atoms with E-state index in [1.807, 2.05) is 6.92 Å². The van der Waals surface area contributed by atoms with E-state index in [9.17, 15) is 14.0 Å². The first-order valence-electron chi connectivity index (χ1n) is 9.06. The van der Waals surface area contributed by atoms with E-state index in [0.717, 1.165) is 10.1 Å². The Kier molecular flexibility index (Phi) is 5.86. The number of hydrogen-bond donors (Lipinski definition) is 1. The number of hydrogen-bond acceptors (Lipinski definition) is 7. The lowest BCUT2D eigenvalue weighted by molar-refractivity contribution is 0.102. The summed E-state index contributed by atoms with van der Waals surface area (Å²) in [5, 5.41) is 11.6. The van der Waals surface area contributed by atoms with Crippen molar-refractivity contribution >= 4 is 45.2 Å². The molecule has 3 aromatic heterocycles. The summed E-state index contributed by atoms with van der Waals surface area (Å²) < 4.78 is 15.4. The molecule has 0 aliphatic carbocycles. The van der Waals surface area contributed by atoms with Crippen LogP contribution in [0.15, 0.2) is 57.8 Å². The van der Waals surface area contributed by atoms with Gasteiger partial charge in [0.1, 0.15) is 17.0 Å².